The zero-order valence-electron chi connectivity index (χ0n) is 63.1. The molecule has 7 aliphatic rings. The van der Waals surface area contributed by atoms with Crippen LogP contribution in [0.2, 0.25) is 0 Å². The Morgan fingerprint density at radius 1 is 0.713 bits per heavy atom. The average Bonchev–Trinajstić information content (AvgIpc) is 0.962. The third-order valence-corrected chi connectivity index (χ3v) is 25.1. The summed E-state index contributed by atoms with van der Waals surface area (Å²) in [6, 6.07) is 10.9. The summed E-state index contributed by atoms with van der Waals surface area (Å²) in [5.74, 6) is -4.10. The molecule has 12 N–H and O–H groups in total. The second kappa shape index (κ2) is 33.5. The number of phenols is 4. The molecule has 7 unspecified atom stereocenters. The number of benzene rings is 4. The number of methoxy groups -OCH3 is 1. The number of fused-ring (bicyclic) bond motifs is 8. The van der Waals surface area contributed by atoms with Crippen molar-refractivity contribution < 1.29 is 97.8 Å². The summed E-state index contributed by atoms with van der Waals surface area (Å²) >= 11 is 0. The maximum absolute atomic E-state index is 14.7. The van der Waals surface area contributed by atoms with Crippen LogP contribution < -0.4 is 31.3 Å². The molecule has 25 nitrogen and oxygen atoms in total. The van der Waals surface area contributed by atoms with Crippen LogP contribution in [0.25, 0.3) is 0 Å². The molecule has 0 aromatic heterocycles. The van der Waals surface area contributed by atoms with Gasteiger partial charge in [0.1, 0.15) is 64.7 Å². The average molecular weight is 1490 g/mol. The van der Waals surface area contributed by atoms with Gasteiger partial charge in [0.25, 0.3) is 0 Å². The molecule has 0 spiro atoms. The van der Waals surface area contributed by atoms with E-state index in [2.05, 4.69) is 67.3 Å². The van der Waals surface area contributed by atoms with Crippen LogP contribution in [-0.4, -0.2) is 157 Å². The first-order valence-electron chi connectivity index (χ1n) is 38.5. The molecule has 3 saturated carbocycles. The molecule has 1 saturated heterocycles. The van der Waals surface area contributed by atoms with E-state index < -0.39 is 149 Å². The van der Waals surface area contributed by atoms with Gasteiger partial charge in [-0.05, 0) is 166 Å². The van der Waals surface area contributed by atoms with Gasteiger partial charge in [-0.3, -0.25) is 33.6 Å². The molecule has 5 amide bonds. The number of hydrogen-bond acceptors (Lipinski definition) is 19. The van der Waals surface area contributed by atoms with Gasteiger partial charge in [0.2, 0.25) is 29.4 Å². The number of hydrogen-bond donors (Lipinski definition) is 12. The van der Waals surface area contributed by atoms with E-state index in [1.165, 1.54) is 119 Å². The Balaban J connectivity index is 0.705. The minimum Gasteiger partial charge on any atom is -0.508 e. The molecule has 0 radical (unpaired) electrons. The van der Waals surface area contributed by atoms with Gasteiger partial charge in [0.05, 0.1) is 42.0 Å². The summed E-state index contributed by atoms with van der Waals surface area (Å²) < 4.78 is 23.9. The Kier molecular flexibility index (Phi) is 24.9. The number of carboxylic acid groups (broad SMARTS) is 1. The number of rotatable bonds is 29. The van der Waals surface area contributed by atoms with Gasteiger partial charge in [-0.1, -0.05) is 102 Å². The number of carbonyl (C=O) groups is 9. The van der Waals surface area contributed by atoms with Crippen molar-refractivity contribution in [3.63, 3.8) is 0 Å². The predicted octanol–water partition coefficient (Wildman–Crippen LogP) is 9.71. The number of amides is 5. The molecule has 584 valence electrons. The van der Waals surface area contributed by atoms with E-state index >= 15 is 0 Å². The van der Waals surface area contributed by atoms with Crippen LogP contribution in [-0.2, 0) is 62.2 Å². The van der Waals surface area contributed by atoms with Crippen molar-refractivity contribution in [3.05, 3.63) is 123 Å². The van der Waals surface area contributed by atoms with Crippen LogP contribution >= 0.6 is 0 Å². The second-order valence-electron chi connectivity index (χ2n) is 32.4. The monoisotopic (exact) mass is 1490 g/mol. The quantitative estimate of drug-likeness (QED) is 0.0120. The van der Waals surface area contributed by atoms with E-state index in [-0.39, 0.29) is 103 Å². The fraction of sp³-hybridized carbons (Fsp3) is 0.578. The topological polar surface area (TPSA) is 392 Å². The Hall–Kier alpha value is -8.91. The number of phenolic OH excluding ortho intramolecular Hbond substituents is 4. The number of ether oxygens (including phenoxy) is 4. The van der Waals surface area contributed by atoms with Crippen molar-refractivity contribution >= 4 is 53.0 Å². The van der Waals surface area contributed by atoms with Crippen molar-refractivity contribution in [2.75, 3.05) is 13.7 Å². The van der Waals surface area contributed by atoms with Gasteiger partial charge in [-0.2, -0.15) is 0 Å². The van der Waals surface area contributed by atoms with Gasteiger partial charge in [-0.15, -0.1) is 0 Å². The van der Waals surface area contributed by atoms with Crippen molar-refractivity contribution in [3.8, 4) is 28.7 Å². The van der Waals surface area contributed by atoms with Gasteiger partial charge >= 0.3 is 12.1 Å². The standard InChI is InChI=1S/C83H107N5O20/c1-43(2)13-11-14-44(3)56-28-29-57-53-27-22-49-39-52(32-34-81(49,6)58(53)33-35-82(56,57)7)107-80(103)88-61(37-47-18-23-50(90)24-19-47)78(100)86-59(77(99)87-62(79(101)102)38-48-20-25-51(91)26-21-48)16-9-10-36-84-65(92)30-31-66(93)85-60-40-67(106-45(4)72(60)94)108-64-42-83(104,46(5)89)41-55-69(64)76(98)71-70(74(55)96)73(95)54-15-12-17-63(105-8)68(54)75(71)97/h12,15,17-26,43-45,52-53,56-62,64,67,72,90-91,94,96,98,104H,9-11,13-14,16,27-42H2,1-8H3,(H,84,92)(H,85,93)(H,86,100)(H,87,99)(H,88,103)(H,101,102)/t44-,45+,52?,53?,56?,57+,58+,59-,60+,61?,62?,64+,67+,72-,81?,82?,83+/m1/s1. The summed E-state index contributed by atoms with van der Waals surface area (Å²) in [6.07, 6.45) is 5.98. The summed E-state index contributed by atoms with van der Waals surface area (Å²) in [7, 11) is 1.30. The molecular weight excluding hydrogens is 1390 g/mol. The van der Waals surface area contributed by atoms with Crippen molar-refractivity contribution in [1.29, 1.82) is 0 Å². The lowest BCUT2D eigenvalue weighted by Crippen LogP contribution is -2.56. The highest BCUT2D eigenvalue weighted by Crippen LogP contribution is 2.68. The molecule has 0 bridgehead atoms. The van der Waals surface area contributed by atoms with Gasteiger partial charge < -0.3 is 81.3 Å². The molecule has 17 atom stereocenters. The molecule has 25 heteroatoms. The maximum atomic E-state index is 14.7. The number of unbranched alkanes of at least 4 members (excludes halogenated alkanes) is 1. The molecule has 11 rings (SSSR count). The number of aromatic hydroxyl groups is 4. The third kappa shape index (κ3) is 17.2. The largest absolute Gasteiger partial charge is 0.508 e. The number of allylic oxidation sites excluding steroid dienone is 1. The highest BCUT2D eigenvalue weighted by atomic mass is 16.7. The Labute approximate surface area is 630 Å². The maximum Gasteiger partial charge on any atom is 0.408 e. The molecule has 4 aromatic rings. The van der Waals surface area contributed by atoms with Crippen LogP contribution in [0, 0.1) is 46.3 Å². The Morgan fingerprint density at radius 3 is 2.04 bits per heavy atom. The summed E-state index contributed by atoms with van der Waals surface area (Å²) in [5.41, 5.74) is -1.25. The first-order chi connectivity index (χ1) is 51.3. The number of ketones is 3. The lowest BCUT2D eigenvalue weighted by molar-refractivity contribution is -0.249. The normalized spacial score (nSPS) is 27.9. The van der Waals surface area contributed by atoms with Crippen molar-refractivity contribution in [2.45, 2.75) is 244 Å². The lowest BCUT2D eigenvalue weighted by atomic mass is 9.47. The zero-order valence-corrected chi connectivity index (χ0v) is 63.1. The van der Waals surface area contributed by atoms with Crippen LogP contribution in [0.4, 0.5) is 4.79 Å². The molecule has 4 fully saturated rings. The van der Waals surface area contributed by atoms with E-state index in [4.69, 9.17) is 18.9 Å². The van der Waals surface area contributed by atoms with E-state index in [0.717, 1.165) is 25.7 Å². The highest BCUT2D eigenvalue weighted by molar-refractivity contribution is 6.31. The van der Waals surface area contributed by atoms with E-state index in [1.54, 1.807) is 12.1 Å². The zero-order chi connectivity index (χ0) is 77.8. The fourth-order valence-electron chi connectivity index (χ4n) is 19.1. The summed E-state index contributed by atoms with van der Waals surface area (Å²) in [5, 5.41) is 90.8. The number of nitrogens with one attached hydrogen (secondary N) is 5. The minimum atomic E-state index is -2.20. The number of carboxylic acids is 1. The molecule has 4 aromatic carbocycles. The van der Waals surface area contributed by atoms with E-state index in [0.29, 0.717) is 59.0 Å². The highest BCUT2D eigenvalue weighted by Gasteiger charge is 2.60. The smallest absolute Gasteiger partial charge is 0.408 e. The molecule has 6 aliphatic carbocycles. The SMILES string of the molecule is COc1cccc2c1C(=O)c1c(O)c3c(c(O)c1C2=O)C[C@@](O)(C(C)=O)C[C@@H]3O[C@H]1C[C@H](NC(=O)CCC(=O)NCCCC[C@@H](NC(=O)C(Cc2ccc(O)cc2)NC(=O)OC2CCC3(C)C(=CCC4[C@@H]3CCC3(C)C([C@H](C)CCCC(C)C)CC[C@@H]43)C2)C(=O)NC(Cc2ccc(O)cc2)C(=O)O)[C@H](O)[C@H](C)O1. The minimum absolute atomic E-state index is 0.0206. The third-order valence-electron chi connectivity index (χ3n) is 25.1. The predicted molar refractivity (Wildman–Crippen MR) is 396 cm³/mol. The number of carbonyl (C=O) groups excluding carboxylic acids is 8. The van der Waals surface area contributed by atoms with Gasteiger partial charge in [0.15, 0.2) is 17.9 Å². The second-order valence-corrected chi connectivity index (χ2v) is 32.4. The summed E-state index contributed by atoms with van der Waals surface area (Å²) in [4.78, 5) is 124. The Bertz CT molecular complexity index is 4080. The first kappa shape index (κ1) is 80.1. The number of aliphatic hydroxyl groups is 2. The molecular formula is C83H107N5O20. The van der Waals surface area contributed by atoms with Crippen molar-refractivity contribution in [1.82, 2.24) is 26.6 Å². The van der Waals surface area contributed by atoms with Crippen LogP contribution in [0.1, 0.15) is 224 Å². The van der Waals surface area contributed by atoms with Crippen LogP contribution in [0.5, 0.6) is 28.7 Å². The van der Waals surface area contributed by atoms with E-state index in [9.17, 15) is 78.9 Å². The number of aliphatic carboxylic acids is 1. The first-order valence-corrected chi connectivity index (χ1v) is 38.5. The number of aliphatic hydroxyl groups excluding tert-OH is 1. The molecule has 1 aliphatic heterocycles. The van der Waals surface area contributed by atoms with E-state index in [1.807, 2.05) is 0 Å². The number of Topliss-reactive ketones (excluding diaryl/α,β-unsaturated/α-hetero) is 1. The lowest BCUT2D eigenvalue weighted by Gasteiger charge is -2.58. The number of alkyl carbamates (subject to hydrolysis) is 1. The summed E-state index contributed by atoms with van der Waals surface area (Å²) in [6.45, 7) is 14.8. The van der Waals surface area contributed by atoms with Gasteiger partial charge in [-0.25, -0.2) is 9.59 Å². The van der Waals surface area contributed by atoms with Gasteiger partial charge in [0, 0.05) is 74.6 Å². The molecule has 1 heterocycles. The van der Waals surface area contributed by atoms with Crippen LogP contribution in [0.15, 0.2) is 78.4 Å². The fourth-order valence-corrected chi connectivity index (χ4v) is 19.1. The molecule has 108 heavy (non-hydrogen) atoms. The Morgan fingerprint density at radius 2 is 1.37 bits per heavy atom. The van der Waals surface area contributed by atoms with Crippen LogP contribution in [0.3, 0.4) is 0 Å². The van der Waals surface area contributed by atoms with Crippen molar-refractivity contribution in [2.24, 2.45) is 46.3 Å².